The smallest absolute Gasteiger partial charge is 0.221 e. The van der Waals surface area contributed by atoms with Crippen molar-refractivity contribution in [3.8, 4) is 5.88 Å². The number of fused-ring (bicyclic) bond motifs is 2. The molecule has 0 aliphatic heterocycles. The van der Waals surface area contributed by atoms with Crippen molar-refractivity contribution in [2.45, 2.75) is 6.92 Å². The second kappa shape index (κ2) is 7.32. The van der Waals surface area contributed by atoms with Gasteiger partial charge in [-0.1, -0.05) is 17.7 Å². The summed E-state index contributed by atoms with van der Waals surface area (Å²) in [4.78, 5) is 20.6. The first-order valence-corrected chi connectivity index (χ1v) is 9.00. The normalized spacial score (nSPS) is 10.8. The Morgan fingerprint density at radius 2 is 1.82 bits per heavy atom. The van der Waals surface area contributed by atoms with Crippen LogP contribution in [0.1, 0.15) is 6.92 Å². The average molecular weight is 393 g/mol. The molecule has 7 heteroatoms. The van der Waals surface area contributed by atoms with Crippen molar-refractivity contribution < 1.29 is 9.53 Å². The third-order valence-corrected chi connectivity index (χ3v) is 4.45. The minimum absolute atomic E-state index is 0.127. The molecule has 0 unspecified atom stereocenters. The lowest BCUT2D eigenvalue weighted by Crippen LogP contribution is -2.06. The molecule has 0 radical (unpaired) electrons. The zero-order valence-electron chi connectivity index (χ0n) is 15.3. The molecule has 6 nitrogen and oxygen atoms in total. The van der Waals surface area contributed by atoms with Gasteiger partial charge in [0.1, 0.15) is 5.52 Å². The minimum atomic E-state index is -0.127. The molecule has 0 fully saturated rings. The average Bonchev–Trinajstić information content (AvgIpc) is 2.67. The molecule has 2 N–H and O–H groups in total. The maximum Gasteiger partial charge on any atom is 0.221 e. The molecule has 0 saturated carbocycles. The van der Waals surface area contributed by atoms with E-state index < -0.39 is 0 Å². The predicted octanol–water partition coefficient (Wildman–Crippen LogP) is 5.15. The Labute approximate surface area is 166 Å². The fraction of sp³-hybridized carbons (Fsp3) is 0.0952. The number of halogens is 1. The third kappa shape index (κ3) is 3.54. The number of ether oxygens (including phenoxy) is 1. The summed E-state index contributed by atoms with van der Waals surface area (Å²) in [5.41, 5.74) is 4.45. The monoisotopic (exact) mass is 392 g/mol. The Balaban J connectivity index is 1.91. The zero-order valence-corrected chi connectivity index (χ0v) is 16.0. The fourth-order valence-electron chi connectivity index (χ4n) is 3.04. The van der Waals surface area contributed by atoms with E-state index in [1.54, 1.807) is 13.2 Å². The quantitative estimate of drug-likeness (QED) is 0.470. The predicted molar refractivity (Wildman–Crippen MR) is 113 cm³/mol. The Bertz CT molecular complexity index is 1210. The third-order valence-electron chi connectivity index (χ3n) is 4.22. The van der Waals surface area contributed by atoms with Gasteiger partial charge in [0.15, 0.2) is 0 Å². The van der Waals surface area contributed by atoms with Crippen molar-refractivity contribution in [3.05, 3.63) is 59.6 Å². The SMILES string of the molecule is COc1ccc2nc3cc(Cl)ccc3c(Nc3cccc(NC(C)=O)c3)c2n1. The number of hydrogen-bond acceptors (Lipinski definition) is 5. The van der Waals surface area contributed by atoms with E-state index in [1.165, 1.54) is 6.92 Å². The molecule has 0 bridgehead atoms. The molecule has 28 heavy (non-hydrogen) atoms. The molecule has 0 saturated heterocycles. The second-order valence-corrected chi connectivity index (χ2v) is 6.69. The van der Waals surface area contributed by atoms with E-state index in [9.17, 15) is 4.79 Å². The van der Waals surface area contributed by atoms with Crippen molar-refractivity contribution in [2.75, 3.05) is 17.7 Å². The minimum Gasteiger partial charge on any atom is -0.481 e. The summed E-state index contributed by atoms with van der Waals surface area (Å²) in [5.74, 6) is 0.371. The molecular weight excluding hydrogens is 376 g/mol. The first-order chi connectivity index (χ1) is 13.5. The van der Waals surface area contributed by atoms with E-state index in [2.05, 4.69) is 20.6 Å². The van der Waals surface area contributed by atoms with Crippen LogP contribution in [0.15, 0.2) is 54.6 Å². The summed E-state index contributed by atoms with van der Waals surface area (Å²) in [6.45, 7) is 1.48. The Morgan fingerprint density at radius 3 is 2.61 bits per heavy atom. The van der Waals surface area contributed by atoms with E-state index in [0.717, 1.165) is 27.8 Å². The summed E-state index contributed by atoms with van der Waals surface area (Å²) >= 11 is 6.16. The summed E-state index contributed by atoms with van der Waals surface area (Å²) in [6, 6.07) is 16.6. The van der Waals surface area contributed by atoms with Gasteiger partial charge in [-0.3, -0.25) is 4.79 Å². The number of hydrogen-bond donors (Lipinski definition) is 2. The van der Waals surface area contributed by atoms with Crippen LogP contribution in [0.5, 0.6) is 5.88 Å². The lowest BCUT2D eigenvalue weighted by atomic mass is 10.1. The number of anilines is 3. The van der Waals surface area contributed by atoms with Gasteiger partial charge in [-0.15, -0.1) is 0 Å². The van der Waals surface area contributed by atoms with Crippen LogP contribution < -0.4 is 15.4 Å². The first kappa shape index (κ1) is 18.0. The molecule has 0 atom stereocenters. The summed E-state index contributed by atoms with van der Waals surface area (Å²) in [5, 5.41) is 7.70. The maximum atomic E-state index is 11.4. The number of pyridine rings is 2. The largest absolute Gasteiger partial charge is 0.481 e. The van der Waals surface area contributed by atoms with Crippen LogP contribution in [0, 0.1) is 0 Å². The number of benzene rings is 2. The van der Waals surface area contributed by atoms with E-state index in [-0.39, 0.29) is 5.91 Å². The highest BCUT2D eigenvalue weighted by molar-refractivity contribution is 6.31. The number of rotatable bonds is 4. The molecule has 4 rings (SSSR count). The van der Waals surface area contributed by atoms with Gasteiger partial charge in [-0.25, -0.2) is 9.97 Å². The second-order valence-electron chi connectivity index (χ2n) is 6.26. The highest BCUT2D eigenvalue weighted by Crippen LogP contribution is 2.34. The lowest BCUT2D eigenvalue weighted by molar-refractivity contribution is -0.114. The van der Waals surface area contributed by atoms with Crippen molar-refractivity contribution in [2.24, 2.45) is 0 Å². The van der Waals surface area contributed by atoms with Gasteiger partial charge in [-0.05, 0) is 42.5 Å². The lowest BCUT2D eigenvalue weighted by Gasteiger charge is -2.14. The number of carbonyl (C=O) groups excluding carboxylic acids is 1. The van der Waals surface area contributed by atoms with E-state index in [1.807, 2.05) is 48.5 Å². The van der Waals surface area contributed by atoms with Gasteiger partial charge in [0.2, 0.25) is 11.8 Å². The number of nitrogens with one attached hydrogen (secondary N) is 2. The van der Waals surface area contributed by atoms with Crippen LogP contribution in [-0.4, -0.2) is 23.0 Å². The van der Waals surface area contributed by atoms with Crippen LogP contribution in [-0.2, 0) is 4.79 Å². The molecule has 4 aromatic rings. The van der Waals surface area contributed by atoms with Gasteiger partial charge >= 0.3 is 0 Å². The fourth-order valence-corrected chi connectivity index (χ4v) is 3.20. The highest BCUT2D eigenvalue weighted by atomic mass is 35.5. The molecule has 140 valence electrons. The van der Waals surface area contributed by atoms with Crippen molar-refractivity contribution in [1.82, 2.24) is 9.97 Å². The summed E-state index contributed by atoms with van der Waals surface area (Å²) < 4.78 is 5.29. The van der Waals surface area contributed by atoms with E-state index in [0.29, 0.717) is 22.1 Å². The number of carbonyl (C=O) groups is 1. The molecule has 0 spiro atoms. The number of methoxy groups -OCH3 is 1. The Morgan fingerprint density at radius 1 is 1.00 bits per heavy atom. The summed E-state index contributed by atoms with van der Waals surface area (Å²) in [6.07, 6.45) is 0. The van der Waals surface area contributed by atoms with Gasteiger partial charge in [0.25, 0.3) is 0 Å². The molecule has 2 aromatic heterocycles. The van der Waals surface area contributed by atoms with Gasteiger partial charge in [-0.2, -0.15) is 0 Å². The standard InChI is InChI=1S/C21H17ClN4O2/c1-12(27)23-14-4-3-5-15(11-14)24-20-16-7-6-13(22)10-18(16)25-17-8-9-19(28-2)26-21(17)20/h3-11H,1-2H3,(H,23,27)(H,24,25). The topological polar surface area (TPSA) is 76.1 Å². The number of nitrogens with zero attached hydrogens (tertiary/aromatic N) is 2. The maximum absolute atomic E-state index is 11.4. The van der Waals surface area contributed by atoms with E-state index in [4.69, 9.17) is 16.3 Å². The van der Waals surface area contributed by atoms with Crippen LogP contribution in [0.3, 0.4) is 0 Å². The van der Waals surface area contributed by atoms with Crippen LogP contribution in [0.4, 0.5) is 17.1 Å². The van der Waals surface area contributed by atoms with Gasteiger partial charge < -0.3 is 15.4 Å². The molecule has 1 amide bonds. The van der Waals surface area contributed by atoms with Crippen molar-refractivity contribution >= 4 is 56.5 Å². The number of amides is 1. The number of aromatic nitrogens is 2. The highest BCUT2D eigenvalue weighted by Gasteiger charge is 2.13. The molecule has 0 aliphatic carbocycles. The molecule has 0 aliphatic rings. The van der Waals surface area contributed by atoms with Crippen LogP contribution in [0.2, 0.25) is 5.02 Å². The van der Waals surface area contributed by atoms with Crippen LogP contribution in [0.25, 0.3) is 21.9 Å². The van der Waals surface area contributed by atoms with Crippen LogP contribution >= 0.6 is 11.6 Å². The van der Waals surface area contributed by atoms with Crippen molar-refractivity contribution in [1.29, 1.82) is 0 Å². The van der Waals surface area contributed by atoms with Gasteiger partial charge in [0, 0.05) is 34.8 Å². The molecule has 2 aromatic carbocycles. The van der Waals surface area contributed by atoms with E-state index >= 15 is 0 Å². The Hall–Kier alpha value is -3.38. The first-order valence-electron chi connectivity index (χ1n) is 8.62. The molecule has 2 heterocycles. The zero-order chi connectivity index (χ0) is 19.7. The van der Waals surface area contributed by atoms with Gasteiger partial charge in [0.05, 0.1) is 23.8 Å². The van der Waals surface area contributed by atoms with Crippen molar-refractivity contribution in [3.63, 3.8) is 0 Å². The Kier molecular flexibility index (Phi) is 4.71. The molecular formula is C21H17ClN4O2. The summed E-state index contributed by atoms with van der Waals surface area (Å²) in [7, 11) is 1.58.